The number of rotatable bonds is 5. The zero-order valence-electron chi connectivity index (χ0n) is 14.3. The van der Waals surface area contributed by atoms with Crippen molar-refractivity contribution >= 4 is 29.1 Å². The molecule has 0 unspecified atom stereocenters. The largest absolute Gasteiger partial charge is 0.476 e. The van der Waals surface area contributed by atoms with Gasteiger partial charge in [0, 0.05) is 17.1 Å². The van der Waals surface area contributed by atoms with E-state index in [0.717, 1.165) is 0 Å². The number of benzene rings is 2. The van der Waals surface area contributed by atoms with E-state index in [1.54, 1.807) is 62.4 Å². The molecule has 2 aromatic rings. The quantitative estimate of drug-likeness (QED) is 0.571. The molecule has 0 saturated heterocycles. The van der Waals surface area contributed by atoms with Gasteiger partial charge in [0.15, 0.2) is 5.60 Å². The van der Waals surface area contributed by atoms with Gasteiger partial charge >= 0.3 is 12.0 Å². The lowest BCUT2D eigenvalue weighted by molar-refractivity contribution is -0.156. The van der Waals surface area contributed by atoms with Crippen molar-refractivity contribution < 1.29 is 19.1 Å². The monoisotopic (exact) mass is 343 g/mol. The lowest BCUT2D eigenvalue weighted by Crippen LogP contribution is -2.39. The molecule has 0 heterocycles. The van der Waals surface area contributed by atoms with Crippen molar-refractivity contribution in [3.05, 3.63) is 48.5 Å². The first kappa shape index (κ1) is 18.1. The van der Waals surface area contributed by atoms with Gasteiger partial charge in [0.05, 0.1) is 7.11 Å². The summed E-state index contributed by atoms with van der Waals surface area (Å²) in [6.07, 6.45) is 0. The van der Waals surface area contributed by atoms with E-state index in [2.05, 4.69) is 10.6 Å². The Hall–Kier alpha value is -3.22. The zero-order valence-corrected chi connectivity index (χ0v) is 14.3. The van der Waals surface area contributed by atoms with Crippen LogP contribution in [0.1, 0.15) is 13.8 Å². The molecule has 0 radical (unpaired) electrons. The summed E-state index contributed by atoms with van der Waals surface area (Å²) in [5, 5.41) is 5.38. The number of ether oxygens (including phenoxy) is 2. The molecule has 0 fully saturated rings. The van der Waals surface area contributed by atoms with Gasteiger partial charge in [-0.3, -0.25) is 0 Å². The molecule has 2 amide bonds. The van der Waals surface area contributed by atoms with Crippen molar-refractivity contribution in [1.82, 2.24) is 0 Å². The highest BCUT2D eigenvalue weighted by Gasteiger charge is 2.30. The van der Waals surface area contributed by atoms with E-state index in [-0.39, 0.29) is 0 Å². The second kappa shape index (κ2) is 7.57. The number of anilines is 3. The molecule has 0 atom stereocenters. The van der Waals surface area contributed by atoms with Crippen LogP contribution >= 0.6 is 0 Å². The molecule has 4 N–H and O–H groups in total. The minimum atomic E-state index is -1.10. The van der Waals surface area contributed by atoms with Gasteiger partial charge in [0.25, 0.3) is 0 Å². The number of esters is 1. The Bertz CT molecular complexity index is 757. The first-order valence-electron chi connectivity index (χ1n) is 7.61. The van der Waals surface area contributed by atoms with E-state index in [4.69, 9.17) is 15.2 Å². The van der Waals surface area contributed by atoms with Gasteiger partial charge in [-0.1, -0.05) is 6.07 Å². The normalized spacial score (nSPS) is 10.7. The highest BCUT2D eigenvalue weighted by molar-refractivity contribution is 6.00. The topological polar surface area (TPSA) is 103 Å². The highest BCUT2D eigenvalue weighted by Crippen LogP contribution is 2.22. The van der Waals surface area contributed by atoms with E-state index in [1.807, 2.05) is 0 Å². The molecule has 2 rings (SSSR count). The number of urea groups is 1. The molecule has 0 aliphatic rings. The summed E-state index contributed by atoms with van der Waals surface area (Å²) in [6, 6.07) is 13.1. The summed E-state index contributed by atoms with van der Waals surface area (Å²) < 4.78 is 10.3. The maximum Gasteiger partial charge on any atom is 0.349 e. The molecular formula is C18H21N3O4. The van der Waals surface area contributed by atoms with Crippen LogP contribution in [0.25, 0.3) is 0 Å². The molecule has 0 aliphatic carbocycles. The van der Waals surface area contributed by atoms with Crippen LogP contribution in [0.2, 0.25) is 0 Å². The summed E-state index contributed by atoms with van der Waals surface area (Å²) in [6.45, 7) is 3.23. The fourth-order valence-corrected chi connectivity index (χ4v) is 2.10. The van der Waals surface area contributed by atoms with E-state index >= 15 is 0 Å². The number of hydrogen-bond donors (Lipinski definition) is 3. The van der Waals surface area contributed by atoms with Crippen LogP contribution in [0.4, 0.5) is 21.9 Å². The predicted octanol–water partition coefficient (Wildman–Crippen LogP) is 3.24. The summed E-state index contributed by atoms with van der Waals surface area (Å²) in [4.78, 5) is 23.6. The van der Waals surface area contributed by atoms with Gasteiger partial charge in [0.1, 0.15) is 5.75 Å². The van der Waals surface area contributed by atoms with Gasteiger partial charge < -0.3 is 25.8 Å². The second-order valence-electron chi connectivity index (χ2n) is 5.83. The molecule has 0 aliphatic heterocycles. The summed E-state index contributed by atoms with van der Waals surface area (Å²) in [5.41, 5.74) is 6.29. The molecule has 0 spiro atoms. The number of nitrogen functional groups attached to an aromatic ring is 1. The Morgan fingerprint density at radius 3 is 2.24 bits per heavy atom. The third-order valence-corrected chi connectivity index (χ3v) is 3.31. The minimum Gasteiger partial charge on any atom is -0.476 e. The first-order valence-corrected chi connectivity index (χ1v) is 7.61. The second-order valence-corrected chi connectivity index (χ2v) is 5.83. The average Bonchev–Trinajstić information content (AvgIpc) is 2.55. The number of carbonyl (C=O) groups excluding carboxylic acids is 2. The fourth-order valence-electron chi connectivity index (χ4n) is 2.10. The predicted molar refractivity (Wildman–Crippen MR) is 96.7 cm³/mol. The van der Waals surface area contributed by atoms with Crippen LogP contribution < -0.4 is 21.1 Å². The Morgan fingerprint density at radius 2 is 1.64 bits per heavy atom. The lowest BCUT2D eigenvalue weighted by atomic mass is 10.1. The van der Waals surface area contributed by atoms with Crippen molar-refractivity contribution in [1.29, 1.82) is 0 Å². The SMILES string of the molecule is COC(=O)C(C)(C)Oc1ccc(NC(=O)Nc2cccc(N)c2)cc1. The van der Waals surface area contributed by atoms with Gasteiger partial charge in [-0.15, -0.1) is 0 Å². The summed E-state index contributed by atoms with van der Waals surface area (Å²) in [7, 11) is 1.30. The van der Waals surface area contributed by atoms with Crippen molar-refractivity contribution in [2.45, 2.75) is 19.4 Å². The number of carbonyl (C=O) groups is 2. The van der Waals surface area contributed by atoms with Crippen LogP contribution in [0, 0.1) is 0 Å². The highest BCUT2D eigenvalue weighted by atomic mass is 16.6. The zero-order chi connectivity index (χ0) is 18.4. The number of nitrogens with one attached hydrogen (secondary N) is 2. The third kappa shape index (κ3) is 5.13. The van der Waals surface area contributed by atoms with Crippen molar-refractivity contribution in [3.63, 3.8) is 0 Å². The van der Waals surface area contributed by atoms with Crippen LogP contribution in [0.3, 0.4) is 0 Å². The maximum absolute atomic E-state index is 12.0. The molecule has 25 heavy (non-hydrogen) atoms. The molecule has 0 bridgehead atoms. The number of hydrogen-bond acceptors (Lipinski definition) is 5. The van der Waals surface area contributed by atoms with Crippen LogP contribution in [-0.2, 0) is 9.53 Å². The smallest absolute Gasteiger partial charge is 0.349 e. The average molecular weight is 343 g/mol. The molecule has 2 aromatic carbocycles. The van der Waals surface area contributed by atoms with E-state index in [0.29, 0.717) is 22.8 Å². The van der Waals surface area contributed by atoms with Crippen LogP contribution in [-0.4, -0.2) is 24.7 Å². The third-order valence-electron chi connectivity index (χ3n) is 3.31. The summed E-state index contributed by atoms with van der Waals surface area (Å²) in [5.74, 6) is 0.00778. The van der Waals surface area contributed by atoms with Crippen molar-refractivity contribution in [3.8, 4) is 5.75 Å². The first-order chi connectivity index (χ1) is 11.8. The molecule has 132 valence electrons. The van der Waals surface area contributed by atoms with E-state index in [9.17, 15) is 9.59 Å². The molecule has 0 aromatic heterocycles. The molecular weight excluding hydrogens is 322 g/mol. The van der Waals surface area contributed by atoms with E-state index in [1.165, 1.54) is 7.11 Å². The number of methoxy groups -OCH3 is 1. The molecule has 0 saturated carbocycles. The Morgan fingerprint density at radius 1 is 1.00 bits per heavy atom. The van der Waals surface area contributed by atoms with Gasteiger partial charge in [-0.25, -0.2) is 9.59 Å². The van der Waals surface area contributed by atoms with E-state index < -0.39 is 17.6 Å². The Balaban J connectivity index is 1.96. The fraction of sp³-hybridized carbons (Fsp3) is 0.222. The standard InChI is InChI=1S/C18H21N3O4/c1-18(2,16(22)24-3)25-15-9-7-13(8-10-15)20-17(23)21-14-6-4-5-12(19)11-14/h4-11H,19H2,1-3H3,(H2,20,21,23). The van der Waals surface area contributed by atoms with Gasteiger partial charge in [0.2, 0.25) is 0 Å². The number of amides is 2. The Kier molecular flexibility index (Phi) is 5.49. The maximum atomic E-state index is 12.0. The lowest BCUT2D eigenvalue weighted by Gasteiger charge is -2.23. The Labute approximate surface area is 146 Å². The van der Waals surface area contributed by atoms with Crippen LogP contribution in [0.5, 0.6) is 5.75 Å². The van der Waals surface area contributed by atoms with Gasteiger partial charge in [-0.05, 0) is 56.3 Å². The number of nitrogens with two attached hydrogens (primary N) is 1. The van der Waals surface area contributed by atoms with Gasteiger partial charge in [-0.2, -0.15) is 0 Å². The summed E-state index contributed by atoms with van der Waals surface area (Å²) >= 11 is 0. The molecule has 7 nitrogen and oxygen atoms in total. The minimum absolute atomic E-state index is 0.394. The van der Waals surface area contributed by atoms with Crippen LogP contribution in [0.15, 0.2) is 48.5 Å². The van der Waals surface area contributed by atoms with Crippen molar-refractivity contribution in [2.75, 3.05) is 23.5 Å². The van der Waals surface area contributed by atoms with Crippen molar-refractivity contribution in [2.24, 2.45) is 0 Å². The molecule has 7 heteroatoms.